The minimum atomic E-state index is -0.577. The second kappa shape index (κ2) is 9.79. The highest BCUT2D eigenvalue weighted by Crippen LogP contribution is 2.29. The number of nitrogens with zero attached hydrogens (tertiary/aromatic N) is 4. The Bertz CT molecular complexity index is 1210. The third kappa shape index (κ3) is 5.39. The number of morpholine rings is 1. The van der Waals surface area contributed by atoms with Gasteiger partial charge in [0.2, 0.25) is 5.91 Å². The highest BCUT2D eigenvalue weighted by Gasteiger charge is 2.37. The van der Waals surface area contributed by atoms with E-state index in [4.69, 9.17) is 4.74 Å². The van der Waals surface area contributed by atoms with Gasteiger partial charge in [-0.25, -0.2) is 0 Å². The molecule has 5 rings (SSSR count). The summed E-state index contributed by atoms with van der Waals surface area (Å²) in [5.74, 6) is -0.0204. The molecular formula is C27H33N5O3. The van der Waals surface area contributed by atoms with Crippen LogP contribution in [0.3, 0.4) is 0 Å². The van der Waals surface area contributed by atoms with E-state index in [9.17, 15) is 9.59 Å². The summed E-state index contributed by atoms with van der Waals surface area (Å²) in [4.78, 5) is 30.5. The van der Waals surface area contributed by atoms with Crippen molar-refractivity contribution in [2.75, 3.05) is 32.8 Å². The molecule has 2 fully saturated rings. The van der Waals surface area contributed by atoms with Crippen LogP contribution in [0.2, 0.25) is 0 Å². The molecule has 0 spiro atoms. The largest absolute Gasteiger partial charge is 0.371 e. The molecule has 184 valence electrons. The zero-order valence-corrected chi connectivity index (χ0v) is 20.4. The predicted octanol–water partition coefficient (Wildman–Crippen LogP) is 2.59. The molecule has 1 N–H and O–H groups in total. The highest BCUT2D eigenvalue weighted by molar-refractivity contribution is 6.05. The maximum absolute atomic E-state index is 13.3. The summed E-state index contributed by atoms with van der Waals surface area (Å²) in [6, 6.07) is 18.1. The first-order chi connectivity index (χ1) is 16.9. The van der Waals surface area contributed by atoms with Gasteiger partial charge >= 0.3 is 0 Å². The minimum absolute atomic E-state index is 0.158. The van der Waals surface area contributed by atoms with Crippen molar-refractivity contribution in [3.63, 3.8) is 0 Å². The van der Waals surface area contributed by atoms with Gasteiger partial charge in [0.1, 0.15) is 5.69 Å². The average molecular weight is 476 g/mol. The number of aryl methyl sites for hydroxylation is 1. The molecule has 1 aliphatic carbocycles. The summed E-state index contributed by atoms with van der Waals surface area (Å²) < 4.78 is 7.69. The predicted molar refractivity (Wildman–Crippen MR) is 134 cm³/mol. The van der Waals surface area contributed by atoms with Crippen molar-refractivity contribution < 1.29 is 14.3 Å². The van der Waals surface area contributed by atoms with Crippen LogP contribution in [-0.2, 0) is 23.1 Å². The second-order valence-electron chi connectivity index (χ2n) is 9.92. The Hall–Kier alpha value is -3.23. The van der Waals surface area contributed by atoms with Gasteiger partial charge in [-0.05, 0) is 31.4 Å². The summed E-state index contributed by atoms with van der Waals surface area (Å²) in [7, 11) is 1.78. The molecule has 0 bridgehead atoms. The van der Waals surface area contributed by atoms with Crippen molar-refractivity contribution in [1.82, 2.24) is 24.9 Å². The zero-order valence-electron chi connectivity index (χ0n) is 20.4. The molecule has 1 aromatic heterocycles. The summed E-state index contributed by atoms with van der Waals surface area (Å²) in [5, 5.41) is 8.30. The Morgan fingerprint density at radius 2 is 1.89 bits per heavy atom. The lowest BCUT2D eigenvalue weighted by molar-refractivity contribution is -0.139. The number of fused-ring (bicyclic) bond motifs is 1. The van der Waals surface area contributed by atoms with Gasteiger partial charge in [-0.2, -0.15) is 5.10 Å². The van der Waals surface area contributed by atoms with Crippen molar-refractivity contribution in [1.29, 1.82) is 0 Å². The lowest BCUT2D eigenvalue weighted by Crippen LogP contribution is -2.57. The number of benzene rings is 2. The number of aromatic nitrogens is 2. The van der Waals surface area contributed by atoms with E-state index in [0.717, 1.165) is 29.3 Å². The third-order valence-corrected chi connectivity index (χ3v) is 6.86. The van der Waals surface area contributed by atoms with E-state index in [0.29, 0.717) is 51.1 Å². The minimum Gasteiger partial charge on any atom is -0.371 e. The van der Waals surface area contributed by atoms with Gasteiger partial charge in [-0.1, -0.05) is 48.5 Å². The molecule has 1 atom stereocenters. The van der Waals surface area contributed by atoms with Crippen LogP contribution in [0.5, 0.6) is 0 Å². The fourth-order valence-electron chi connectivity index (χ4n) is 4.90. The van der Waals surface area contributed by atoms with Crippen LogP contribution < -0.4 is 5.32 Å². The third-order valence-electron chi connectivity index (χ3n) is 6.86. The molecule has 8 nitrogen and oxygen atoms in total. The Balaban J connectivity index is 1.19. The van der Waals surface area contributed by atoms with E-state index in [1.165, 1.54) is 0 Å². The number of amides is 2. The topological polar surface area (TPSA) is 79.7 Å². The van der Waals surface area contributed by atoms with Gasteiger partial charge in [0.15, 0.2) is 0 Å². The maximum atomic E-state index is 13.3. The van der Waals surface area contributed by atoms with Crippen molar-refractivity contribution in [2.24, 2.45) is 7.05 Å². The molecule has 1 unspecified atom stereocenters. The second-order valence-corrected chi connectivity index (χ2v) is 9.92. The van der Waals surface area contributed by atoms with Gasteiger partial charge in [0, 0.05) is 44.7 Å². The van der Waals surface area contributed by atoms with E-state index < -0.39 is 5.60 Å². The van der Waals surface area contributed by atoms with Crippen LogP contribution >= 0.6 is 0 Å². The number of ether oxygens (including phenoxy) is 1. The number of carbonyl (C=O) groups is 2. The van der Waals surface area contributed by atoms with Gasteiger partial charge in [-0.15, -0.1) is 0 Å². The smallest absolute Gasteiger partial charge is 0.270 e. The number of rotatable bonds is 8. The van der Waals surface area contributed by atoms with Gasteiger partial charge < -0.3 is 15.0 Å². The van der Waals surface area contributed by atoms with Gasteiger partial charge in [-0.3, -0.25) is 19.2 Å². The van der Waals surface area contributed by atoms with Gasteiger partial charge in [0.05, 0.1) is 24.3 Å². The maximum Gasteiger partial charge on any atom is 0.270 e. The van der Waals surface area contributed by atoms with E-state index >= 15 is 0 Å². The molecule has 1 saturated heterocycles. The molecule has 2 aromatic carbocycles. The van der Waals surface area contributed by atoms with E-state index in [2.05, 4.69) is 27.4 Å². The molecule has 2 heterocycles. The van der Waals surface area contributed by atoms with Crippen LogP contribution in [0.4, 0.5) is 0 Å². The van der Waals surface area contributed by atoms with Crippen molar-refractivity contribution in [2.45, 2.75) is 38.0 Å². The number of hydrogen-bond donors (Lipinski definition) is 1. The summed E-state index contributed by atoms with van der Waals surface area (Å²) in [6.07, 6.45) is 2.16. The number of carbonyl (C=O) groups excluding carboxylic acids is 2. The lowest BCUT2D eigenvalue weighted by Gasteiger charge is -2.41. The van der Waals surface area contributed by atoms with Crippen LogP contribution in [0.25, 0.3) is 10.9 Å². The Morgan fingerprint density at radius 3 is 2.66 bits per heavy atom. The summed E-state index contributed by atoms with van der Waals surface area (Å²) in [5.41, 5.74) is 1.91. The van der Waals surface area contributed by atoms with E-state index in [-0.39, 0.29) is 11.8 Å². The first kappa shape index (κ1) is 23.5. The standard InChI is InChI=1S/C27H33N5O3/c1-27(18-28-26(34)25-22-10-6-7-11-23(22)29-30(25)2)19-31(14-15-35-27)17-24(33)32(21-12-13-21)16-20-8-4-3-5-9-20/h3-11,21H,12-19H2,1-2H3,(H,28,34). The van der Waals surface area contributed by atoms with Crippen LogP contribution in [-0.4, -0.2) is 75.8 Å². The molecule has 35 heavy (non-hydrogen) atoms. The molecule has 0 radical (unpaired) electrons. The summed E-state index contributed by atoms with van der Waals surface area (Å²) >= 11 is 0. The Morgan fingerprint density at radius 1 is 1.14 bits per heavy atom. The zero-order chi connectivity index (χ0) is 24.4. The van der Waals surface area contributed by atoms with Crippen LogP contribution in [0.1, 0.15) is 35.8 Å². The van der Waals surface area contributed by atoms with Crippen molar-refractivity contribution in [3.05, 3.63) is 65.9 Å². The molecule has 8 heteroatoms. The van der Waals surface area contributed by atoms with E-state index in [1.54, 1.807) is 11.7 Å². The molecule has 2 amide bonds. The van der Waals surface area contributed by atoms with E-state index in [1.807, 2.05) is 54.3 Å². The normalized spacial score (nSPS) is 20.6. The van der Waals surface area contributed by atoms with Gasteiger partial charge in [0.25, 0.3) is 5.91 Å². The summed E-state index contributed by atoms with van der Waals surface area (Å²) in [6.45, 7) is 5.17. The van der Waals surface area contributed by atoms with Crippen molar-refractivity contribution >= 4 is 22.7 Å². The monoisotopic (exact) mass is 475 g/mol. The molecular weight excluding hydrogens is 442 g/mol. The molecule has 3 aromatic rings. The number of nitrogens with one attached hydrogen (secondary N) is 1. The first-order valence-corrected chi connectivity index (χ1v) is 12.3. The molecule has 1 aliphatic heterocycles. The molecule has 1 saturated carbocycles. The Kier molecular flexibility index (Phi) is 6.58. The van der Waals surface area contributed by atoms with Crippen molar-refractivity contribution in [3.8, 4) is 0 Å². The quantitative estimate of drug-likeness (QED) is 0.542. The highest BCUT2D eigenvalue weighted by atomic mass is 16.5. The first-order valence-electron chi connectivity index (χ1n) is 12.3. The Labute approximate surface area is 205 Å². The fraction of sp³-hybridized carbons (Fsp3) is 0.444. The van der Waals surface area contributed by atoms with Crippen LogP contribution in [0, 0.1) is 0 Å². The van der Waals surface area contributed by atoms with Crippen LogP contribution in [0.15, 0.2) is 54.6 Å². The number of hydrogen-bond acceptors (Lipinski definition) is 5. The SMILES string of the molecule is Cn1nc2ccccc2c1C(=O)NCC1(C)CN(CC(=O)N(Cc2ccccc2)C2CC2)CCO1. The molecule has 2 aliphatic rings. The average Bonchev–Trinajstić information content (AvgIpc) is 3.63. The fourth-order valence-corrected chi connectivity index (χ4v) is 4.90. The lowest BCUT2D eigenvalue weighted by atomic mass is 10.0.